The van der Waals surface area contributed by atoms with Crippen LogP contribution in [0.15, 0.2) is 61.2 Å². The van der Waals surface area contributed by atoms with Crippen LogP contribution in [0.1, 0.15) is 54.9 Å². The summed E-state index contributed by atoms with van der Waals surface area (Å²) in [4.78, 5) is 12.6. The number of hydrogen-bond donors (Lipinski definition) is 1. The summed E-state index contributed by atoms with van der Waals surface area (Å²) in [6.07, 6.45) is -5.90. The Morgan fingerprint density at radius 3 is 1.47 bits per heavy atom. The number of fused-ring (bicyclic) bond motifs is 2. The zero-order chi connectivity index (χ0) is 44.3. The minimum absolute atomic E-state index is 0. The molecule has 0 saturated carbocycles. The molecule has 6 rings (SSSR count). The van der Waals surface area contributed by atoms with E-state index in [-0.39, 0.29) is 30.5 Å². The van der Waals surface area contributed by atoms with Gasteiger partial charge in [-0.3, -0.25) is 0 Å². The molecule has 0 radical (unpaired) electrons. The lowest BCUT2D eigenvalue weighted by molar-refractivity contribution is -0.138. The largest absolute Gasteiger partial charge is 0.534 e. The van der Waals surface area contributed by atoms with Crippen molar-refractivity contribution < 1.29 is 74.1 Å². The van der Waals surface area contributed by atoms with Gasteiger partial charge in [-0.25, -0.2) is 45.4 Å². The zero-order valence-electron chi connectivity index (χ0n) is 29.1. The van der Waals surface area contributed by atoms with E-state index < -0.39 is 115 Å². The number of halogens is 11. The van der Waals surface area contributed by atoms with Crippen LogP contribution in [0.3, 0.4) is 0 Å². The number of aromatic nitrogens is 4. The quantitative estimate of drug-likeness (QED) is 0.111. The maximum Gasteiger partial charge on any atom is 0.534 e. The molecule has 2 aromatic heterocycles. The molecule has 2 aliphatic rings. The summed E-state index contributed by atoms with van der Waals surface area (Å²) in [5, 5.41) is 9.76. The highest BCUT2D eigenvalue weighted by Crippen LogP contribution is 2.48. The molecule has 0 unspecified atom stereocenters. The van der Waals surface area contributed by atoms with Crippen molar-refractivity contribution in [3.05, 3.63) is 105 Å². The summed E-state index contributed by atoms with van der Waals surface area (Å²) in [7, 11) is -16.2. The SMILES string of the molecule is C.CCN1c2nccnc2C(O)=C(c2ccc(Cl)cc2C(F)(F)F)S1(=O)=O.CCN1c2nccnc2C(OS(=O)(=O)C(F)(F)F)=C(c2ccc(Cl)cc2C(F)(F)F)S1(=O)=O. The molecule has 0 amide bonds. The van der Waals surface area contributed by atoms with Crippen molar-refractivity contribution in [1.82, 2.24) is 19.9 Å². The summed E-state index contributed by atoms with van der Waals surface area (Å²) >= 11 is 11.2. The fraction of sp³-hybridized carbons (Fsp3) is 0.250. The Hall–Kier alpha value is -4.92. The third-order valence-corrected chi connectivity index (χ3v) is 13.2. The second kappa shape index (κ2) is 16.5. The van der Waals surface area contributed by atoms with Gasteiger partial charge in [0.1, 0.15) is 15.5 Å². The Morgan fingerprint density at radius 1 is 0.667 bits per heavy atom. The van der Waals surface area contributed by atoms with Crippen molar-refractivity contribution in [2.75, 3.05) is 21.7 Å². The third-order valence-electron chi connectivity index (χ3n) is 7.90. The monoisotopic (exact) mass is 958 g/mol. The molecular formula is C32H25Cl2F9N6O8S3. The van der Waals surface area contributed by atoms with Gasteiger partial charge >= 0.3 is 28.0 Å². The highest BCUT2D eigenvalue weighted by atomic mass is 35.5. The number of rotatable bonds is 6. The van der Waals surface area contributed by atoms with Gasteiger partial charge in [0.25, 0.3) is 20.0 Å². The van der Waals surface area contributed by atoms with Gasteiger partial charge in [0, 0.05) is 59.0 Å². The van der Waals surface area contributed by atoms with E-state index in [1.807, 2.05) is 0 Å². The highest BCUT2D eigenvalue weighted by Gasteiger charge is 2.52. The average Bonchev–Trinajstić information content (AvgIpc) is 3.11. The molecule has 0 atom stereocenters. The van der Waals surface area contributed by atoms with Crippen molar-refractivity contribution in [2.45, 2.75) is 39.1 Å². The van der Waals surface area contributed by atoms with Crippen LogP contribution >= 0.6 is 23.2 Å². The molecule has 4 aromatic rings. The van der Waals surface area contributed by atoms with Crippen LogP contribution in [0, 0.1) is 0 Å². The van der Waals surface area contributed by atoms with Crippen molar-refractivity contribution in [1.29, 1.82) is 0 Å². The topological polar surface area (TPSA) is 190 Å². The number of alkyl halides is 9. The smallest absolute Gasteiger partial charge is 0.504 e. The molecular weight excluding hydrogens is 934 g/mol. The van der Waals surface area contributed by atoms with Gasteiger partial charge in [0.15, 0.2) is 28.8 Å². The van der Waals surface area contributed by atoms with E-state index in [1.165, 1.54) is 26.2 Å². The van der Waals surface area contributed by atoms with Crippen LogP contribution in [-0.4, -0.2) is 68.9 Å². The van der Waals surface area contributed by atoms with Gasteiger partial charge in [-0.2, -0.15) is 47.9 Å². The molecule has 2 aromatic carbocycles. The number of anilines is 2. The normalized spacial score (nSPS) is 16.3. The predicted molar refractivity (Wildman–Crippen MR) is 200 cm³/mol. The van der Waals surface area contributed by atoms with Crippen molar-refractivity contribution >= 4 is 86.3 Å². The zero-order valence-corrected chi connectivity index (χ0v) is 33.0. The molecule has 1 N–H and O–H groups in total. The van der Waals surface area contributed by atoms with Crippen LogP contribution in [0.4, 0.5) is 51.1 Å². The number of aliphatic hydroxyl groups is 1. The lowest BCUT2D eigenvalue weighted by Crippen LogP contribution is -2.38. The van der Waals surface area contributed by atoms with Gasteiger partial charge < -0.3 is 9.29 Å². The summed E-state index contributed by atoms with van der Waals surface area (Å²) in [5.41, 5.74) is -11.9. The van der Waals surface area contributed by atoms with Crippen LogP contribution in [-0.2, 0) is 46.7 Å². The van der Waals surface area contributed by atoms with E-state index in [1.54, 1.807) is 0 Å². The number of hydrogen-bond acceptors (Lipinski definition) is 12. The number of nitrogens with zero attached hydrogens (tertiary/aromatic N) is 6. The Balaban J connectivity index is 0.000000267. The average molecular weight is 960 g/mol. The summed E-state index contributed by atoms with van der Waals surface area (Å²) in [6.45, 7) is 2.20. The Kier molecular flexibility index (Phi) is 13.1. The second-order valence-electron chi connectivity index (χ2n) is 11.5. The molecule has 28 heteroatoms. The molecule has 14 nitrogen and oxygen atoms in total. The first-order valence-electron chi connectivity index (χ1n) is 15.7. The minimum atomic E-state index is -6.53. The van der Waals surface area contributed by atoms with Crippen LogP contribution in [0.5, 0.6) is 0 Å². The Bertz CT molecular complexity index is 2750. The Morgan fingerprint density at radius 2 is 1.05 bits per heavy atom. The van der Waals surface area contributed by atoms with E-state index in [4.69, 9.17) is 23.2 Å². The van der Waals surface area contributed by atoms with E-state index in [0.717, 1.165) is 34.9 Å². The standard InChI is InChI=1S/C16H10ClF6N3O5S2.C15H11ClF3N3O3S.CH4/c1-2-26-14-11(24-5-6-25-14)12(31-33(29,30)16(21,22)23)13(32(26,27)28)9-4-3-8(17)7-10(9)15(18,19)20;1-2-22-14-11(20-5-6-21-14)12(23)13(26(22,24)25)9-4-3-8(16)7-10(9)15(17,18)19;/h3-7H,2H2,1H3;3-7,23H,2H2,1H3;1H4. The summed E-state index contributed by atoms with van der Waals surface area (Å²) < 4.78 is 202. The fourth-order valence-corrected chi connectivity index (χ4v) is 9.90. The molecule has 0 bridgehead atoms. The van der Waals surface area contributed by atoms with Gasteiger partial charge in [-0.15, -0.1) is 0 Å². The van der Waals surface area contributed by atoms with Crippen LogP contribution < -0.4 is 8.61 Å². The minimum Gasteiger partial charge on any atom is -0.504 e. The van der Waals surface area contributed by atoms with Gasteiger partial charge in [0.2, 0.25) is 0 Å². The van der Waals surface area contributed by atoms with Gasteiger partial charge in [-0.05, 0) is 38.1 Å². The van der Waals surface area contributed by atoms with Crippen LogP contribution in [0.25, 0.3) is 21.3 Å². The first-order chi connectivity index (χ1) is 27.1. The maximum atomic E-state index is 13.7. The molecule has 0 saturated heterocycles. The summed E-state index contributed by atoms with van der Waals surface area (Å²) in [6, 6.07) is 4.37. The number of sulfonamides is 2. The van der Waals surface area contributed by atoms with E-state index in [9.17, 15) is 69.9 Å². The Labute approximate surface area is 344 Å². The lowest BCUT2D eigenvalue weighted by Gasteiger charge is -2.31. The molecule has 326 valence electrons. The lowest BCUT2D eigenvalue weighted by atomic mass is 10.0. The fourth-order valence-electron chi connectivity index (χ4n) is 5.56. The molecule has 0 aliphatic carbocycles. The number of aliphatic hydroxyl groups excluding tert-OH is 1. The van der Waals surface area contributed by atoms with Crippen molar-refractivity contribution in [2.24, 2.45) is 0 Å². The van der Waals surface area contributed by atoms with E-state index in [0.29, 0.717) is 22.5 Å². The molecule has 0 fully saturated rings. The van der Waals surface area contributed by atoms with Crippen molar-refractivity contribution in [3.63, 3.8) is 0 Å². The van der Waals surface area contributed by atoms with Gasteiger partial charge in [-0.1, -0.05) is 42.8 Å². The third kappa shape index (κ3) is 8.64. The van der Waals surface area contributed by atoms with Crippen LogP contribution in [0.2, 0.25) is 10.0 Å². The summed E-state index contributed by atoms with van der Waals surface area (Å²) in [5.74, 6) is -3.28. The molecule has 4 heterocycles. The maximum absolute atomic E-state index is 13.7. The van der Waals surface area contributed by atoms with Crippen molar-refractivity contribution in [3.8, 4) is 0 Å². The number of benzene rings is 2. The van der Waals surface area contributed by atoms with Gasteiger partial charge in [0.05, 0.1) is 11.1 Å². The predicted octanol–water partition coefficient (Wildman–Crippen LogP) is 8.35. The second-order valence-corrected chi connectivity index (χ2v) is 17.5. The van der Waals surface area contributed by atoms with E-state index >= 15 is 0 Å². The molecule has 2 aliphatic heterocycles. The molecule has 60 heavy (non-hydrogen) atoms. The first kappa shape index (κ1) is 47.8. The highest BCUT2D eigenvalue weighted by molar-refractivity contribution is 8.02. The van der Waals surface area contributed by atoms with E-state index in [2.05, 4.69) is 24.1 Å². The molecule has 0 spiro atoms. The first-order valence-corrected chi connectivity index (χ1v) is 20.8.